The van der Waals surface area contributed by atoms with Gasteiger partial charge in [0.15, 0.2) is 0 Å². The Kier molecular flexibility index (Phi) is 6.18. The molecule has 4 N–H and O–H groups in total. The van der Waals surface area contributed by atoms with Gasteiger partial charge in [-0.3, -0.25) is 9.36 Å². The van der Waals surface area contributed by atoms with Crippen molar-refractivity contribution in [3.8, 4) is 0 Å². The van der Waals surface area contributed by atoms with Gasteiger partial charge in [-0.05, 0) is 5.56 Å². The second-order valence-corrected chi connectivity index (χ2v) is 6.78. The highest BCUT2D eigenvalue weighted by Gasteiger charge is 2.17. The van der Waals surface area contributed by atoms with Crippen LogP contribution in [0.3, 0.4) is 0 Å². The average molecular weight is 286 g/mol. The largest absolute Gasteiger partial charge is 0.375 e. The first-order valence-corrected chi connectivity index (χ1v) is 8.12. The Bertz CT molecular complexity index is 446. The van der Waals surface area contributed by atoms with Crippen molar-refractivity contribution in [2.24, 2.45) is 5.73 Å². The summed E-state index contributed by atoms with van der Waals surface area (Å²) in [5, 5.41) is 2.31. The molecule has 0 fully saturated rings. The van der Waals surface area contributed by atoms with Crippen LogP contribution >= 0.6 is 7.37 Å². The number of rotatable bonds is 7. The van der Waals surface area contributed by atoms with Gasteiger partial charge in [-0.25, -0.2) is 0 Å². The topological polar surface area (TPSA) is 102 Å². The van der Waals surface area contributed by atoms with Crippen LogP contribution in [-0.2, 0) is 20.7 Å². The van der Waals surface area contributed by atoms with E-state index < -0.39 is 19.3 Å². The molecule has 0 saturated carbocycles. The molecule has 0 radical (unpaired) electrons. The number of carbonyl (C=O) groups excluding carboxylic acids is 1. The summed E-state index contributed by atoms with van der Waals surface area (Å²) in [7, 11) is -3.26. The minimum atomic E-state index is -3.26. The highest BCUT2D eigenvalue weighted by atomic mass is 31.2. The number of amides is 1. The zero-order valence-electron chi connectivity index (χ0n) is 10.8. The van der Waals surface area contributed by atoms with Crippen molar-refractivity contribution in [2.45, 2.75) is 12.6 Å². The van der Waals surface area contributed by atoms with Gasteiger partial charge < -0.3 is 20.7 Å². The summed E-state index contributed by atoms with van der Waals surface area (Å²) in [5.74, 6) is -0.496. The molecule has 1 amide bonds. The first-order valence-electron chi connectivity index (χ1n) is 5.83. The van der Waals surface area contributed by atoms with Gasteiger partial charge in [-0.15, -0.1) is 0 Å². The molecule has 0 saturated heterocycles. The van der Waals surface area contributed by atoms with E-state index in [1.54, 1.807) is 0 Å². The molecular weight excluding hydrogens is 267 g/mol. The maximum atomic E-state index is 11.5. The highest BCUT2D eigenvalue weighted by Crippen LogP contribution is 2.32. The third-order valence-corrected chi connectivity index (χ3v) is 3.04. The Morgan fingerprint density at radius 3 is 2.68 bits per heavy atom. The van der Waals surface area contributed by atoms with Crippen molar-refractivity contribution in [2.75, 3.05) is 19.6 Å². The van der Waals surface area contributed by atoms with Gasteiger partial charge in [0.25, 0.3) is 0 Å². The Morgan fingerprint density at radius 1 is 1.47 bits per heavy atom. The maximum Gasteiger partial charge on any atom is 0.239 e. The number of ether oxygens (including phenoxy) is 1. The molecule has 0 aliphatic heterocycles. The summed E-state index contributed by atoms with van der Waals surface area (Å²) in [4.78, 5) is 20.5. The summed E-state index contributed by atoms with van der Waals surface area (Å²) in [5.41, 5.74) is 6.59. The molecule has 0 aromatic heterocycles. The molecule has 1 aromatic rings. The van der Waals surface area contributed by atoms with Crippen LogP contribution in [0.15, 0.2) is 30.3 Å². The smallest absolute Gasteiger partial charge is 0.239 e. The molecule has 0 aliphatic rings. The van der Waals surface area contributed by atoms with Crippen LogP contribution in [0.5, 0.6) is 0 Å². The second-order valence-electron chi connectivity index (χ2n) is 4.36. The van der Waals surface area contributed by atoms with Crippen molar-refractivity contribution in [1.29, 1.82) is 0 Å². The van der Waals surface area contributed by atoms with E-state index in [0.717, 1.165) is 5.56 Å². The van der Waals surface area contributed by atoms with Gasteiger partial charge in [0, 0.05) is 6.66 Å². The van der Waals surface area contributed by atoms with Gasteiger partial charge in [0.2, 0.25) is 13.3 Å². The number of carbonyl (C=O) groups is 1. The lowest BCUT2D eigenvalue weighted by molar-refractivity contribution is -0.123. The summed E-state index contributed by atoms with van der Waals surface area (Å²) in [6, 6.07) is 8.66. The van der Waals surface area contributed by atoms with E-state index in [4.69, 9.17) is 15.4 Å². The molecule has 6 nitrogen and oxygen atoms in total. The molecule has 1 aromatic carbocycles. The number of nitrogens with two attached hydrogens (primary N) is 1. The zero-order chi connectivity index (χ0) is 14.3. The maximum absolute atomic E-state index is 11.5. The third-order valence-electron chi connectivity index (χ3n) is 2.29. The molecule has 2 atom stereocenters. The van der Waals surface area contributed by atoms with Crippen LogP contribution in [0.1, 0.15) is 5.56 Å². The highest BCUT2D eigenvalue weighted by molar-refractivity contribution is 7.57. The van der Waals surface area contributed by atoms with Crippen LogP contribution in [0.4, 0.5) is 0 Å². The van der Waals surface area contributed by atoms with E-state index in [-0.39, 0.29) is 12.9 Å². The summed E-state index contributed by atoms with van der Waals surface area (Å²) < 4.78 is 16.3. The van der Waals surface area contributed by atoms with Crippen molar-refractivity contribution in [1.82, 2.24) is 5.32 Å². The number of benzene rings is 1. The van der Waals surface area contributed by atoms with Gasteiger partial charge in [-0.2, -0.15) is 0 Å². The van der Waals surface area contributed by atoms with Crippen LogP contribution in [0, 0.1) is 0 Å². The first kappa shape index (κ1) is 15.9. The third kappa shape index (κ3) is 7.08. The van der Waals surface area contributed by atoms with Crippen molar-refractivity contribution in [3.63, 3.8) is 0 Å². The zero-order valence-corrected chi connectivity index (χ0v) is 11.7. The van der Waals surface area contributed by atoms with E-state index in [0.29, 0.717) is 6.61 Å². The van der Waals surface area contributed by atoms with Gasteiger partial charge in [0.05, 0.1) is 19.5 Å². The summed E-state index contributed by atoms with van der Waals surface area (Å²) >= 11 is 0. The standard InChI is InChI=1S/C12H19N2O4P/c1-19(16,17)9-14-12(15)11(13)8-18-7-10-5-3-2-4-6-10/h2-6,11H,7-9,13H2,1H3,(H,14,15)(H,16,17)/t11-/m0/s1. The molecule has 0 spiro atoms. The van der Waals surface area contributed by atoms with E-state index in [1.165, 1.54) is 6.66 Å². The fourth-order valence-electron chi connectivity index (χ4n) is 1.31. The Morgan fingerprint density at radius 2 is 2.11 bits per heavy atom. The molecule has 0 aliphatic carbocycles. The molecular formula is C12H19N2O4P. The Labute approximate surface area is 112 Å². The molecule has 0 bridgehead atoms. The SMILES string of the molecule is CP(=O)(O)CNC(=O)[C@@H](N)COCc1ccccc1. The van der Waals surface area contributed by atoms with Gasteiger partial charge in [-0.1, -0.05) is 30.3 Å². The average Bonchev–Trinajstić information content (AvgIpc) is 2.36. The molecule has 1 unspecified atom stereocenters. The monoisotopic (exact) mass is 286 g/mol. The number of nitrogens with one attached hydrogen (secondary N) is 1. The molecule has 1 rings (SSSR count). The molecule has 106 valence electrons. The van der Waals surface area contributed by atoms with Crippen molar-refractivity contribution >= 4 is 13.3 Å². The summed E-state index contributed by atoms with van der Waals surface area (Å²) in [6.07, 6.45) is -0.280. The Balaban J connectivity index is 2.25. The van der Waals surface area contributed by atoms with Crippen LogP contribution < -0.4 is 11.1 Å². The van der Waals surface area contributed by atoms with Crippen LogP contribution in [0.25, 0.3) is 0 Å². The molecule has 7 heteroatoms. The lowest BCUT2D eigenvalue weighted by atomic mass is 10.2. The lowest BCUT2D eigenvalue weighted by Crippen LogP contribution is -2.43. The van der Waals surface area contributed by atoms with E-state index in [1.807, 2.05) is 30.3 Å². The first-order chi connectivity index (χ1) is 8.88. The van der Waals surface area contributed by atoms with Gasteiger partial charge >= 0.3 is 0 Å². The molecule has 19 heavy (non-hydrogen) atoms. The minimum absolute atomic E-state index is 0.0557. The predicted molar refractivity (Wildman–Crippen MR) is 72.8 cm³/mol. The number of hydrogen-bond donors (Lipinski definition) is 3. The van der Waals surface area contributed by atoms with Crippen molar-refractivity contribution in [3.05, 3.63) is 35.9 Å². The van der Waals surface area contributed by atoms with E-state index >= 15 is 0 Å². The normalized spacial score (nSPS) is 15.5. The van der Waals surface area contributed by atoms with Gasteiger partial charge in [0.1, 0.15) is 6.04 Å². The predicted octanol–water partition coefficient (Wildman–Crippen LogP) is 0.504. The number of hydrogen-bond acceptors (Lipinski definition) is 4. The van der Waals surface area contributed by atoms with Crippen molar-refractivity contribution < 1.29 is 19.0 Å². The van der Waals surface area contributed by atoms with Crippen LogP contribution in [0.2, 0.25) is 0 Å². The van der Waals surface area contributed by atoms with E-state index in [2.05, 4.69) is 5.32 Å². The Hall–Kier alpha value is -1.20. The second kappa shape index (κ2) is 7.40. The lowest BCUT2D eigenvalue weighted by Gasteiger charge is -2.13. The summed E-state index contributed by atoms with van der Waals surface area (Å²) in [6.45, 7) is 1.60. The minimum Gasteiger partial charge on any atom is -0.375 e. The van der Waals surface area contributed by atoms with Crippen LogP contribution in [-0.4, -0.2) is 36.4 Å². The fraction of sp³-hybridized carbons (Fsp3) is 0.417. The van der Waals surface area contributed by atoms with E-state index in [9.17, 15) is 9.36 Å². The quantitative estimate of drug-likeness (QED) is 0.634. The molecule has 0 heterocycles. The fourth-order valence-corrected chi connectivity index (χ4v) is 1.76.